The molecule has 2 N–H and O–H groups in total. The number of hydrogen-bond donors (Lipinski definition) is 2. The van der Waals surface area contributed by atoms with Crippen molar-refractivity contribution in [2.24, 2.45) is 0 Å². The Bertz CT molecular complexity index is 997. The molecule has 0 aliphatic carbocycles. The first-order valence-electron chi connectivity index (χ1n) is 8.80. The van der Waals surface area contributed by atoms with E-state index in [9.17, 15) is 9.59 Å². The lowest BCUT2D eigenvalue weighted by Crippen LogP contribution is -2.25. The Morgan fingerprint density at radius 3 is 2.62 bits per heavy atom. The van der Waals surface area contributed by atoms with Crippen molar-refractivity contribution in [3.63, 3.8) is 0 Å². The molecule has 152 valence electrons. The summed E-state index contributed by atoms with van der Waals surface area (Å²) in [5, 5.41) is 5.26. The van der Waals surface area contributed by atoms with E-state index in [-0.39, 0.29) is 17.9 Å². The van der Waals surface area contributed by atoms with Crippen LogP contribution >= 0.6 is 23.1 Å². The largest absolute Gasteiger partial charge is 0.497 e. The number of ether oxygens (including phenoxy) is 2. The average molecular weight is 432 g/mol. The minimum atomic E-state index is -0.285. The minimum absolute atomic E-state index is 0.0514. The number of carbonyl (C=O) groups is 1. The van der Waals surface area contributed by atoms with Gasteiger partial charge in [0.25, 0.3) is 5.56 Å². The van der Waals surface area contributed by atoms with Crippen LogP contribution in [-0.4, -0.2) is 30.1 Å². The van der Waals surface area contributed by atoms with Gasteiger partial charge in [0.05, 0.1) is 32.9 Å². The van der Waals surface area contributed by atoms with Gasteiger partial charge in [0, 0.05) is 22.8 Å². The number of aromatic amines is 1. The normalized spacial score (nSPS) is 10.6. The molecule has 0 fully saturated rings. The summed E-state index contributed by atoms with van der Waals surface area (Å²) in [5.74, 6) is 1.77. The van der Waals surface area contributed by atoms with E-state index in [0.29, 0.717) is 34.6 Å². The fourth-order valence-corrected chi connectivity index (χ4v) is 4.04. The van der Waals surface area contributed by atoms with E-state index in [1.807, 2.05) is 29.6 Å². The van der Waals surface area contributed by atoms with Gasteiger partial charge in [0.2, 0.25) is 5.91 Å². The Kier molecular flexibility index (Phi) is 7.31. The summed E-state index contributed by atoms with van der Waals surface area (Å²) in [7, 11) is 3.19. The zero-order valence-electron chi connectivity index (χ0n) is 16.1. The summed E-state index contributed by atoms with van der Waals surface area (Å²) < 4.78 is 10.5. The maximum atomic E-state index is 12.2. The maximum Gasteiger partial charge on any atom is 0.251 e. The number of amides is 1. The zero-order valence-corrected chi connectivity index (χ0v) is 17.7. The lowest BCUT2D eigenvalue weighted by molar-refractivity contribution is -0.120. The fraction of sp³-hybridized carbons (Fsp3) is 0.250. The highest BCUT2D eigenvalue weighted by atomic mass is 32.2. The Labute approximate surface area is 176 Å². The second-order valence-corrected chi connectivity index (χ2v) is 8.08. The second-order valence-electron chi connectivity index (χ2n) is 6.08. The molecule has 29 heavy (non-hydrogen) atoms. The molecule has 9 heteroatoms. The van der Waals surface area contributed by atoms with Gasteiger partial charge in [-0.25, -0.2) is 4.98 Å². The van der Waals surface area contributed by atoms with E-state index in [0.717, 1.165) is 10.4 Å². The van der Waals surface area contributed by atoms with Crippen LogP contribution in [0.15, 0.2) is 51.7 Å². The Morgan fingerprint density at radius 1 is 1.21 bits per heavy atom. The van der Waals surface area contributed by atoms with Crippen molar-refractivity contribution in [1.29, 1.82) is 0 Å². The molecule has 0 aliphatic rings. The molecular weight excluding hydrogens is 410 g/mol. The van der Waals surface area contributed by atoms with E-state index < -0.39 is 0 Å². The average Bonchev–Trinajstić information content (AvgIpc) is 3.23. The number of thioether (sulfide) groups is 1. The first-order valence-corrected chi connectivity index (χ1v) is 10.7. The summed E-state index contributed by atoms with van der Waals surface area (Å²) in [5.41, 5.74) is 1.11. The number of methoxy groups -OCH3 is 2. The number of carbonyl (C=O) groups excluding carboxylic acids is 1. The molecule has 0 aliphatic heterocycles. The van der Waals surface area contributed by atoms with Crippen LogP contribution < -0.4 is 20.3 Å². The summed E-state index contributed by atoms with van der Waals surface area (Å²) in [6, 6.07) is 10.8. The summed E-state index contributed by atoms with van der Waals surface area (Å²) in [4.78, 5) is 32.3. The van der Waals surface area contributed by atoms with Crippen LogP contribution in [0.4, 0.5) is 0 Å². The number of aromatic nitrogens is 2. The first kappa shape index (κ1) is 20.9. The van der Waals surface area contributed by atoms with Gasteiger partial charge < -0.3 is 19.8 Å². The Morgan fingerprint density at radius 2 is 1.97 bits per heavy atom. The molecule has 7 nitrogen and oxygen atoms in total. The molecule has 3 aromatic rings. The van der Waals surface area contributed by atoms with Crippen LogP contribution in [0.1, 0.15) is 16.1 Å². The molecular formula is C20H21N3O4S2. The maximum absolute atomic E-state index is 12.2. The Hall–Kier alpha value is -2.78. The molecule has 1 amide bonds. The lowest BCUT2D eigenvalue weighted by atomic mass is 10.2. The van der Waals surface area contributed by atoms with E-state index in [1.54, 1.807) is 31.6 Å². The van der Waals surface area contributed by atoms with E-state index >= 15 is 0 Å². The predicted molar refractivity (Wildman–Crippen MR) is 114 cm³/mol. The lowest BCUT2D eigenvalue weighted by Gasteiger charge is -2.09. The van der Waals surface area contributed by atoms with Gasteiger partial charge in [-0.2, -0.15) is 0 Å². The number of benzene rings is 1. The molecule has 0 atom stereocenters. The van der Waals surface area contributed by atoms with Gasteiger partial charge in [-0.05, 0) is 29.1 Å². The van der Waals surface area contributed by atoms with Crippen LogP contribution in [0.25, 0.3) is 0 Å². The summed E-state index contributed by atoms with van der Waals surface area (Å²) >= 11 is 2.95. The highest BCUT2D eigenvalue weighted by molar-refractivity contribution is 7.98. The molecule has 3 rings (SSSR count). The van der Waals surface area contributed by atoms with Crippen molar-refractivity contribution in [2.75, 3.05) is 14.2 Å². The third-order valence-electron chi connectivity index (χ3n) is 3.94. The fourth-order valence-electron chi connectivity index (χ4n) is 2.57. The van der Waals surface area contributed by atoms with Crippen LogP contribution in [0.2, 0.25) is 0 Å². The van der Waals surface area contributed by atoms with E-state index in [2.05, 4.69) is 15.3 Å². The molecule has 0 unspecified atom stereocenters. The predicted octanol–water partition coefficient (Wildman–Crippen LogP) is 3.00. The standard InChI is InChI=1S/C20H21N3O4S2/c1-26-15-6-13(7-16(10-15)27-2)12-29-20-22-14(9-19(25)23-20)8-18(24)21-11-17-4-3-5-28-17/h3-7,9-10H,8,11-12H2,1-2H3,(H,21,24)(H,22,23,25). The third kappa shape index (κ3) is 6.37. The number of nitrogens with one attached hydrogen (secondary N) is 2. The molecule has 0 saturated carbocycles. The van der Waals surface area contributed by atoms with Crippen molar-refractivity contribution in [3.05, 3.63) is 68.3 Å². The van der Waals surface area contributed by atoms with E-state index in [4.69, 9.17) is 9.47 Å². The second kappa shape index (κ2) is 10.1. The third-order valence-corrected chi connectivity index (χ3v) is 5.76. The van der Waals surface area contributed by atoms with E-state index in [1.165, 1.54) is 17.8 Å². The summed E-state index contributed by atoms with van der Waals surface area (Å²) in [6.07, 6.45) is 0.0514. The summed E-state index contributed by atoms with van der Waals surface area (Å²) in [6.45, 7) is 0.471. The SMILES string of the molecule is COc1cc(CSc2nc(CC(=O)NCc3cccs3)cc(=O)[nH]2)cc(OC)c1. The van der Waals surface area contributed by atoms with Gasteiger partial charge in [-0.3, -0.25) is 9.59 Å². The van der Waals surface area contributed by atoms with Crippen molar-refractivity contribution in [2.45, 2.75) is 23.9 Å². The van der Waals surface area contributed by atoms with Crippen molar-refractivity contribution in [1.82, 2.24) is 15.3 Å². The van der Waals surface area contributed by atoms with Crippen molar-refractivity contribution >= 4 is 29.0 Å². The number of nitrogens with zero attached hydrogens (tertiary/aromatic N) is 1. The minimum Gasteiger partial charge on any atom is -0.497 e. The van der Waals surface area contributed by atoms with Crippen LogP contribution in [-0.2, 0) is 23.5 Å². The van der Waals surface area contributed by atoms with Crippen molar-refractivity contribution in [3.8, 4) is 11.5 Å². The zero-order chi connectivity index (χ0) is 20.6. The molecule has 0 spiro atoms. The molecule has 0 saturated heterocycles. The van der Waals surface area contributed by atoms with Gasteiger partial charge in [-0.1, -0.05) is 17.8 Å². The number of hydrogen-bond acceptors (Lipinski definition) is 7. The van der Waals surface area contributed by atoms with Gasteiger partial charge in [0.1, 0.15) is 11.5 Å². The molecule has 2 heterocycles. The first-order chi connectivity index (χ1) is 14.1. The number of H-pyrrole nitrogens is 1. The van der Waals surface area contributed by atoms with Crippen LogP contribution in [0, 0.1) is 0 Å². The molecule has 2 aromatic heterocycles. The van der Waals surface area contributed by atoms with Crippen molar-refractivity contribution < 1.29 is 14.3 Å². The quantitative estimate of drug-likeness (QED) is 0.400. The highest BCUT2D eigenvalue weighted by Gasteiger charge is 2.09. The number of thiophene rings is 1. The van der Waals surface area contributed by atoms with Crippen LogP contribution in [0.3, 0.4) is 0 Å². The molecule has 1 aromatic carbocycles. The van der Waals surface area contributed by atoms with Gasteiger partial charge >= 0.3 is 0 Å². The molecule has 0 radical (unpaired) electrons. The number of rotatable bonds is 9. The highest BCUT2D eigenvalue weighted by Crippen LogP contribution is 2.26. The van der Waals surface area contributed by atoms with Gasteiger partial charge in [0.15, 0.2) is 5.16 Å². The van der Waals surface area contributed by atoms with Gasteiger partial charge in [-0.15, -0.1) is 11.3 Å². The topological polar surface area (TPSA) is 93.3 Å². The smallest absolute Gasteiger partial charge is 0.251 e. The Balaban J connectivity index is 1.63. The monoisotopic (exact) mass is 431 g/mol. The molecule has 0 bridgehead atoms. The van der Waals surface area contributed by atoms with Crippen LogP contribution in [0.5, 0.6) is 11.5 Å².